The lowest BCUT2D eigenvalue weighted by atomic mass is 10.1. The molecule has 1 aliphatic rings. The third kappa shape index (κ3) is 2.20. The first-order valence-corrected chi connectivity index (χ1v) is 6.10. The molecule has 0 atom stereocenters. The zero-order chi connectivity index (χ0) is 13.3. The first kappa shape index (κ1) is 12.9. The van der Waals surface area contributed by atoms with Crippen LogP contribution in [0.15, 0.2) is 12.1 Å². The van der Waals surface area contributed by atoms with E-state index in [0.29, 0.717) is 0 Å². The number of aryl methyl sites for hydroxylation is 2. The number of hydrogen-bond donors (Lipinski definition) is 2. The van der Waals surface area contributed by atoms with Gasteiger partial charge in [0.2, 0.25) is 5.91 Å². The normalized spacial score (nSPS) is 16.2. The summed E-state index contributed by atoms with van der Waals surface area (Å²) in [7, 11) is 1.64. The van der Waals surface area contributed by atoms with Crippen molar-refractivity contribution in [1.82, 2.24) is 0 Å². The average molecular weight is 249 g/mol. The van der Waals surface area contributed by atoms with Crippen molar-refractivity contribution < 1.29 is 14.6 Å². The van der Waals surface area contributed by atoms with E-state index in [1.54, 1.807) is 7.11 Å². The fraction of sp³-hybridized carbons (Fsp3) is 0.500. The van der Waals surface area contributed by atoms with E-state index in [1.165, 1.54) is 0 Å². The number of carbonyl (C=O) groups is 1. The summed E-state index contributed by atoms with van der Waals surface area (Å²) < 4.78 is 5.28. The predicted molar refractivity (Wildman–Crippen MR) is 69.9 cm³/mol. The fourth-order valence-corrected chi connectivity index (χ4v) is 2.22. The second kappa shape index (κ2) is 4.61. The van der Waals surface area contributed by atoms with Gasteiger partial charge in [0.1, 0.15) is 5.75 Å². The topological polar surface area (TPSA) is 58.6 Å². The monoisotopic (exact) mass is 249 g/mol. The highest BCUT2D eigenvalue weighted by molar-refractivity contribution is 5.97. The van der Waals surface area contributed by atoms with Crippen molar-refractivity contribution in [1.29, 1.82) is 0 Å². The SMILES string of the molecule is COc1c(C)cc(NC(=O)C2(CO)CC2)cc1C. The zero-order valence-corrected chi connectivity index (χ0v) is 11.0. The Kier molecular flexibility index (Phi) is 3.30. The van der Waals surface area contributed by atoms with Crippen molar-refractivity contribution in [3.05, 3.63) is 23.3 Å². The maximum atomic E-state index is 12.0. The molecule has 0 unspecified atom stereocenters. The molecule has 2 N–H and O–H groups in total. The van der Waals surface area contributed by atoms with E-state index in [0.717, 1.165) is 35.4 Å². The van der Waals surface area contributed by atoms with Gasteiger partial charge in [0, 0.05) is 5.69 Å². The molecule has 0 aliphatic heterocycles. The van der Waals surface area contributed by atoms with Crippen LogP contribution >= 0.6 is 0 Å². The average Bonchev–Trinajstić information content (AvgIpc) is 3.09. The summed E-state index contributed by atoms with van der Waals surface area (Å²) in [6.45, 7) is 3.81. The molecule has 1 aliphatic carbocycles. The Hall–Kier alpha value is -1.55. The van der Waals surface area contributed by atoms with E-state index in [9.17, 15) is 9.90 Å². The molecule has 1 aromatic rings. The number of carbonyl (C=O) groups excluding carboxylic acids is 1. The molecule has 18 heavy (non-hydrogen) atoms. The molecule has 1 amide bonds. The third-order valence-corrected chi connectivity index (χ3v) is 3.56. The number of aliphatic hydroxyl groups is 1. The first-order chi connectivity index (χ1) is 8.52. The summed E-state index contributed by atoms with van der Waals surface area (Å²) in [6, 6.07) is 3.77. The van der Waals surface area contributed by atoms with Gasteiger partial charge in [0.25, 0.3) is 0 Å². The number of aliphatic hydroxyl groups excluding tert-OH is 1. The molecule has 1 aromatic carbocycles. The van der Waals surface area contributed by atoms with Gasteiger partial charge in [-0.3, -0.25) is 4.79 Å². The highest BCUT2D eigenvalue weighted by Gasteiger charge is 2.49. The molecule has 4 nitrogen and oxygen atoms in total. The van der Waals surface area contributed by atoms with Gasteiger partial charge in [0.15, 0.2) is 0 Å². The van der Waals surface area contributed by atoms with E-state index in [4.69, 9.17) is 4.74 Å². The van der Waals surface area contributed by atoms with Crippen molar-refractivity contribution in [3.8, 4) is 5.75 Å². The molecular formula is C14H19NO3. The molecule has 0 saturated heterocycles. The van der Waals surface area contributed by atoms with Crippen molar-refractivity contribution in [3.63, 3.8) is 0 Å². The first-order valence-electron chi connectivity index (χ1n) is 6.10. The Labute approximate surface area is 107 Å². The predicted octanol–water partition coefficient (Wildman–Crippen LogP) is 2.02. The molecule has 0 spiro atoms. The minimum absolute atomic E-state index is 0.0764. The van der Waals surface area contributed by atoms with Crippen LogP contribution < -0.4 is 10.1 Å². The second-order valence-corrected chi connectivity index (χ2v) is 5.04. The number of nitrogens with one attached hydrogen (secondary N) is 1. The minimum Gasteiger partial charge on any atom is -0.496 e. The molecule has 0 heterocycles. The van der Waals surface area contributed by atoms with Crippen LogP contribution in [0.1, 0.15) is 24.0 Å². The molecule has 0 bridgehead atoms. The highest BCUT2D eigenvalue weighted by atomic mass is 16.5. The van der Waals surface area contributed by atoms with E-state index in [-0.39, 0.29) is 12.5 Å². The zero-order valence-electron chi connectivity index (χ0n) is 11.0. The lowest BCUT2D eigenvalue weighted by Crippen LogP contribution is -2.27. The number of anilines is 1. The Morgan fingerprint density at radius 1 is 1.39 bits per heavy atom. The largest absolute Gasteiger partial charge is 0.496 e. The Balaban J connectivity index is 2.18. The fourth-order valence-electron chi connectivity index (χ4n) is 2.22. The smallest absolute Gasteiger partial charge is 0.232 e. The Bertz CT molecular complexity index is 455. The number of hydrogen-bond acceptors (Lipinski definition) is 3. The van der Waals surface area contributed by atoms with E-state index in [1.807, 2.05) is 26.0 Å². The molecule has 0 radical (unpaired) electrons. The van der Waals surface area contributed by atoms with Crippen LogP contribution in [-0.2, 0) is 4.79 Å². The second-order valence-electron chi connectivity index (χ2n) is 5.04. The molecule has 98 valence electrons. The molecule has 2 rings (SSSR count). The van der Waals surface area contributed by atoms with Gasteiger partial charge in [-0.05, 0) is 49.9 Å². The summed E-state index contributed by atoms with van der Waals surface area (Å²) in [4.78, 5) is 12.0. The van der Waals surface area contributed by atoms with Crippen LogP contribution in [0.25, 0.3) is 0 Å². The van der Waals surface area contributed by atoms with E-state index < -0.39 is 5.41 Å². The summed E-state index contributed by atoms with van der Waals surface area (Å²) >= 11 is 0. The maximum absolute atomic E-state index is 12.0. The summed E-state index contributed by atoms with van der Waals surface area (Å²) in [5.41, 5.74) is 2.20. The molecule has 4 heteroatoms. The van der Waals surface area contributed by atoms with Gasteiger partial charge in [-0.2, -0.15) is 0 Å². The lowest BCUT2D eigenvalue weighted by molar-refractivity contribution is -0.122. The van der Waals surface area contributed by atoms with Crippen LogP contribution in [0, 0.1) is 19.3 Å². The van der Waals surface area contributed by atoms with Crippen molar-refractivity contribution in [2.45, 2.75) is 26.7 Å². The Morgan fingerprint density at radius 3 is 2.33 bits per heavy atom. The lowest BCUT2D eigenvalue weighted by Gasteiger charge is -2.15. The van der Waals surface area contributed by atoms with Gasteiger partial charge in [-0.1, -0.05) is 0 Å². The number of benzene rings is 1. The Morgan fingerprint density at radius 2 is 1.94 bits per heavy atom. The molecule has 1 saturated carbocycles. The number of ether oxygens (including phenoxy) is 1. The van der Waals surface area contributed by atoms with Crippen LogP contribution in [-0.4, -0.2) is 24.7 Å². The summed E-state index contributed by atoms with van der Waals surface area (Å²) in [6.07, 6.45) is 1.53. The van der Waals surface area contributed by atoms with Gasteiger partial charge < -0.3 is 15.2 Å². The maximum Gasteiger partial charge on any atom is 0.232 e. The van der Waals surface area contributed by atoms with Crippen LogP contribution in [0.5, 0.6) is 5.75 Å². The van der Waals surface area contributed by atoms with Crippen molar-refractivity contribution in [2.24, 2.45) is 5.41 Å². The number of methoxy groups -OCH3 is 1. The van der Waals surface area contributed by atoms with Gasteiger partial charge >= 0.3 is 0 Å². The van der Waals surface area contributed by atoms with E-state index in [2.05, 4.69) is 5.32 Å². The standard InChI is InChI=1S/C14H19NO3/c1-9-6-11(7-10(2)12(9)18-3)15-13(17)14(8-16)4-5-14/h6-7,16H,4-5,8H2,1-3H3,(H,15,17). The molecular weight excluding hydrogens is 230 g/mol. The molecule has 1 fully saturated rings. The third-order valence-electron chi connectivity index (χ3n) is 3.56. The summed E-state index contributed by atoms with van der Waals surface area (Å²) in [5, 5.41) is 12.1. The number of amides is 1. The quantitative estimate of drug-likeness (QED) is 0.858. The van der Waals surface area contributed by atoms with E-state index >= 15 is 0 Å². The minimum atomic E-state index is -0.540. The van der Waals surface area contributed by atoms with Crippen LogP contribution in [0.2, 0.25) is 0 Å². The number of rotatable bonds is 4. The van der Waals surface area contributed by atoms with Crippen molar-refractivity contribution >= 4 is 11.6 Å². The van der Waals surface area contributed by atoms with Crippen LogP contribution in [0.3, 0.4) is 0 Å². The van der Waals surface area contributed by atoms with Crippen LogP contribution in [0.4, 0.5) is 5.69 Å². The van der Waals surface area contributed by atoms with Gasteiger partial charge in [-0.15, -0.1) is 0 Å². The highest BCUT2D eigenvalue weighted by Crippen LogP contribution is 2.46. The summed E-state index contributed by atoms with van der Waals surface area (Å²) in [5.74, 6) is 0.755. The van der Waals surface area contributed by atoms with Gasteiger partial charge in [0.05, 0.1) is 19.1 Å². The van der Waals surface area contributed by atoms with Gasteiger partial charge in [-0.25, -0.2) is 0 Å². The van der Waals surface area contributed by atoms with Crippen molar-refractivity contribution in [2.75, 3.05) is 19.0 Å². The molecule has 0 aromatic heterocycles.